The molecule has 1 aromatic rings. The fourth-order valence-electron chi connectivity index (χ4n) is 1.85. The molecule has 0 saturated carbocycles. The summed E-state index contributed by atoms with van der Waals surface area (Å²) in [5.41, 5.74) is -0.169. The number of rotatable bonds is 3. The normalized spacial score (nSPS) is 21.9. The van der Waals surface area contributed by atoms with E-state index in [0.717, 1.165) is 0 Å². The minimum Gasteiger partial charge on any atom is -0.348 e. The third-order valence-corrected chi connectivity index (χ3v) is 2.96. The van der Waals surface area contributed by atoms with Crippen LogP contribution in [0.4, 0.5) is 0 Å². The number of hydrogen-bond acceptors (Lipinski definition) is 5. The fourth-order valence-corrected chi connectivity index (χ4v) is 1.85. The molecule has 1 aliphatic rings. The Morgan fingerprint density at radius 3 is 2.70 bits per heavy atom. The number of aromatic amines is 1. The summed E-state index contributed by atoms with van der Waals surface area (Å²) in [4.78, 5) is 16.2. The average molecular weight is 282 g/mol. The maximum atomic E-state index is 12.0. The van der Waals surface area contributed by atoms with Gasteiger partial charge in [-0.2, -0.15) is 0 Å². The van der Waals surface area contributed by atoms with Gasteiger partial charge >= 0.3 is 0 Å². The molecule has 1 amide bonds. The monoisotopic (exact) mass is 282 g/mol. The minimum absolute atomic E-state index is 0.144. The molecule has 0 aromatic carbocycles. The summed E-state index contributed by atoms with van der Waals surface area (Å²) in [6.45, 7) is 10.5. The van der Waals surface area contributed by atoms with Crippen molar-refractivity contribution in [3.63, 3.8) is 0 Å². The number of hydrogen-bond donors (Lipinski definition) is 2. The second-order valence-corrected chi connectivity index (χ2v) is 6.42. The van der Waals surface area contributed by atoms with Crippen molar-refractivity contribution in [1.82, 2.24) is 20.5 Å². The molecule has 2 rings (SSSR count). The van der Waals surface area contributed by atoms with Crippen molar-refractivity contribution in [1.29, 1.82) is 0 Å². The molecule has 2 N–H and O–H groups in total. The van der Waals surface area contributed by atoms with E-state index in [1.165, 1.54) is 0 Å². The molecule has 0 spiro atoms. The second-order valence-electron chi connectivity index (χ2n) is 6.42. The van der Waals surface area contributed by atoms with Gasteiger partial charge in [-0.1, -0.05) is 20.8 Å². The Morgan fingerprint density at radius 2 is 2.20 bits per heavy atom. The van der Waals surface area contributed by atoms with E-state index >= 15 is 0 Å². The third kappa shape index (κ3) is 3.55. The maximum Gasteiger partial charge on any atom is 0.291 e. The van der Waals surface area contributed by atoms with Crippen molar-refractivity contribution >= 4 is 5.91 Å². The summed E-state index contributed by atoms with van der Waals surface area (Å²) < 4.78 is 11.0. The molecule has 1 aliphatic heterocycles. The van der Waals surface area contributed by atoms with Gasteiger partial charge in [0.05, 0.1) is 6.61 Å². The second kappa shape index (κ2) is 5.14. The van der Waals surface area contributed by atoms with Crippen LogP contribution in [0.25, 0.3) is 0 Å². The molecule has 1 aromatic heterocycles. The van der Waals surface area contributed by atoms with Crippen molar-refractivity contribution in [3.05, 3.63) is 11.6 Å². The lowest BCUT2D eigenvalue weighted by atomic mass is 9.96. The summed E-state index contributed by atoms with van der Waals surface area (Å²) in [6.07, 6.45) is -0.144. The van der Waals surface area contributed by atoms with Crippen LogP contribution in [0.2, 0.25) is 0 Å². The number of carbonyl (C=O) groups excluding carboxylic acids is 1. The Labute approximate surface area is 118 Å². The predicted molar refractivity (Wildman–Crippen MR) is 72.3 cm³/mol. The first-order valence-corrected chi connectivity index (χ1v) is 6.70. The first kappa shape index (κ1) is 14.9. The Bertz CT molecular complexity index is 490. The topological polar surface area (TPSA) is 89.1 Å². The molecule has 2 heterocycles. The van der Waals surface area contributed by atoms with Crippen molar-refractivity contribution in [2.24, 2.45) is 0 Å². The van der Waals surface area contributed by atoms with Gasteiger partial charge in [-0.05, 0) is 13.8 Å². The van der Waals surface area contributed by atoms with Crippen molar-refractivity contribution in [2.75, 3.05) is 13.2 Å². The number of nitrogens with one attached hydrogen (secondary N) is 2. The molecule has 0 aliphatic carbocycles. The van der Waals surface area contributed by atoms with Gasteiger partial charge in [0.2, 0.25) is 5.82 Å². The molecule has 7 heteroatoms. The van der Waals surface area contributed by atoms with Gasteiger partial charge in [0, 0.05) is 12.0 Å². The van der Waals surface area contributed by atoms with Crippen LogP contribution in [0.5, 0.6) is 0 Å². The zero-order valence-corrected chi connectivity index (χ0v) is 12.6. The quantitative estimate of drug-likeness (QED) is 0.862. The van der Waals surface area contributed by atoms with E-state index in [-0.39, 0.29) is 23.3 Å². The van der Waals surface area contributed by atoms with Gasteiger partial charge in [-0.3, -0.25) is 9.89 Å². The zero-order chi connectivity index (χ0) is 15.0. The Kier molecular flexibility index (Phi) is 3.84. The molecular weight excluding hydrogens is 260 g/mol. The van der Waals surface area contributed by atoms with Gasteiger partial charge in [0.25, 0.3) is 5.91 Å². The highest BCUT2D eigenvalue weighted by Crippen LogP contribution is 2.21. The molecule has 20 heavy (non-hydrogen) atoms. The maximum absolute atomic E-state index is 12.0. The van der Waals surface area contributed by atoms with Gasteiger partial charge in [0.15, 0.2) is 5.79 Å². The van der Waals surface area contributed by atoms with Crippen molar-refractivity contribution in [3.8, 4) is 0 Å². The molecule has 1 unspecified atom stereocenters. The first-order valence-electron chi connectivity index (χ1n) is 6.70. The molecule has 1 saturated heterocycles. The van der Waals surface area contributed by atoms with E-state index < -0.39 is 5.79 Å². The molecule has 112 valence electrons. The predicted octanol–water partition coefficient (Wildman–Crippen LogP) is 0.983. The van der Waals surface area contributed by atoms with Crippen LogP contribution in [0.1, 0.15) is 51.1 Å². The van der Waals surface area contributed by atoms with E-state index in [1.807, 2.05) is 34.6 Å². The van der Waals surface area contributed by atoms with Crippen LogP contribution in [-0.4, -0.2) is 46.1 Å². The summed E-state index contributed by atoms with van der Waals surface area (Å²) in [7, 11) is 0. The summed E-state index contributed by atoms with van der Waals surface area (Å²) in [6, 6.07) is 0. The van der Waals surface area contributed by atoms with Gasteiger partial charge in [0.1, 0.15) is 11.9 Å². The Morgan fingerprint density at radius 1 is 1.50 bits per heavy atom. The van der Waals surface area contributed by atoms with Crippen LogP contribution in [0.15, 0.2) is 0 Å². The summed E-state index contributed by atoms with van der Waals surface area (Å²) in [5.74, 6) is -0.0678. The molecule has 7 nitrogen and oxygen atoms in total. The van der Waals surface area contributed by atoms with Crippen molar-refractivity contribution in [2.45, 2.75) is 51.9 Å². The fraction of sp³-hybridized carbons (Fsp3) is 0.769. The van der Waals surface area contributed by atoms with Gasteiger partial charge in [-0.15, -0.1) is 5.10 Å². The van der Waals surface area contributed by atoms with E-state index in [9.17, 15) is 4.79 Å². The number of amides is 1. The standard InChI is InChI=1S/C13H22N4O3/c1-12(2,3)11-15-9(16-17-11)10(18)14-6-8-7-19-13(4,5)20-8/h8H,6-7H2,1-5H3,(H,14,18)(H,15,16,17). The first-order chi connectivity index (χ1) is 9.17. The summed E-state index contributed by atoms with van der Waals surface area (Å²) >= 11 is 0. The van der Waals surface area contributed by atoms with Crippen LogP contribution in [0.3, 0.4) is 0 Å². The number of ether oxygens (including phenoxy) is 2. The lowest BCUT2D eigenvalue weighted by Gasteiger charge is -2.17. The average Bonchev–Trinajstić information content (AvgIpc) is 2.91. The van der Waals surface area contributed by atoms with Crippen molar-refractivity contribution < 1.29 is 14.3 Å². The molecular formula is C13H22N4O3. The van der Waals surface area contributed by atoms with Gasteiger partial charge in [-0.25, -0.2) is 4.98 Å². The summed E-state index contributed by atoms with van der Waals surface area (Å²) in [5, 5.41) is 9.48. The van der Waals surface area contributed by atoms with E-state index in [1.54, 1.807) is 0 Å². The SMILES string of the molecule is CC1(C)OCC(CNC(=O)c2n[nH]c(C(C)(C)C)n2)O1. The van der Waals surface area contributed by atoms with Crippen LogP contribution in [0, 0.1) is 0 Å². The molecule has 1 fully saturated rings. The Balaban J connectivity index is 1.88. The lowest BCUT2D eigenvalue weighted by Crippen LogP contribution is -2.35. The van der Waals surface area contributed by atoms with Crippen LogP contribution >= 0.6 is 0 Å². The highest BCUT2D eigenvalue weighted by molar-refractivity contribution is 5.90. The number of nitrogens with zero attached hydrogens (tertiary/aromatic N) is 2. The number of H-pyrrole nitrogens is 1. The number of carbonyl (C=O) groups is 1. The minimum atomic E-state index is -0.584. The molecule has 0 radical (unpaired) electrons. The van der Waals surface area contributed by atoms with Crippen LogP contribution < -0.4 is 5.32 Å². The zero-order valence-electron chi connectivity index (χ0n) is 12.6. The van der Waals surface area contributed by atoms with E-state index in [0.29, 0.717) is 19.0 Å². The Hall–Kier alpha value is -1.47. The highest BCUT2D eigenvalue weighted by atomic mass is 16.7. The highest BCUT2D eigenvalue weighted by Gasteiger charge is 2.33. The van der Waals surface area contributed by atoms with Crippen LogP contribution in [-0.2, 0) is 14.9 Å². The molecule has 1 atom stereocenters. The molecule has 0 bridgehead atoms. The lowest BCUT2D eigenvalue weighted by molar-refractivity contribution is -0.137. The largest absolute Gasteiger partial charge is 0.348 e. The number of aromatic nitrogens is 3. The third-order valence-electron chi connectivity index (χ3n) is 2.96. The van der Waals surface area contributed by atoms with Gasteiger partial charge < -0.3 is 14.8 Å². The van der Waals surface area contributed by atoms with E-state index in [2.05, 4.69) is 20.5 Å². The van der Waals surface area contributed by atoms with E-state index in [4.69, 9.17) is 9.47 Å². The smallest absolute Gasteiger partial charge is 0.291 e.